The zero-order chi connectivity index (χ0) is 15.6. The predicted octanol–water partition coefficient (Wildman–Crippen LogP) is 2.38. The molecule has 21 heavy (non-hydrogen) atoms. The molecule has 0 N–H and O–H groups in total. The monoisotopic (exact) mass is 296 g/mol. The molecule has 4 heteroatoms. The smallest absolute Gasteiger partial charge is 0.240 e. The Bertz CT molecular complexity index is 349. The van der Waals surface area contributed by atoms with Crippen molar-refractivity contribution in [2.45, 2.75) is 65.7 Å². The summed E-state index contributed by atoms with van der Waals surface area (Å²) in [4.78, 5) is 17.5. The second-order valence-corrected chi connectivity index (χ2v) is 7.43. The molecule has 122 valence electrons. The summed E-state index contributed by atoms with van der Waals surface area (Å²) in [5, 5.41) is 0. The number of nitrogens with zero attached hydrogens (tertiary/aromatic N) is 2. The lowest BCUT2D eigenvalue weighted by Gasteiger charge is -2.43. The highest BCUT2D eigenvalue weighted by atomic mass is 16.5. The Balaban J connectivity index is 2.08. The molecule has 2 saturated heterocycles. The Morgan fingerprint density at radius 1 is 1.10 bits per heavy atom. The Labute approximate surface area is 129 Å². The predicted molar refractivity (Wildman–Crippen MR) is 85.2 cm³/mol. The van der Waals surface area contributed by atoms with Gasteiger partial charge in [0, 0.05) is 26.2 Å². The van der Waals surface area contributed by atoms with E-state index in [4.69, 9.17) is 4.74 Å². The van der Waals surface area contributed by atoms with Gasteiger partial charge < -0.3 is 9.64 Å². The van der Waals surface area contributed by atoms with Crippen molar-refractivity contribution < 1.29 is 9.53 Å². The number of carbonyl (C=O) groups is 1. The molecule has 0 aliphatic carbocycles. The quantitative estimate of drug-likeness (QED) is 0.801. The normalized spacial score (nSPS) is 33.2. The first kappa shape index (κ1) is 16.8. The van der Waals surface area contributed by atoms with E-state index in [1.807, 2.05) is 0 Å². The van der Waals surface area contributed by atoms with Crippen LogP contribution in [-0.2, 0) is 9.53 Å². The topological polar surface area (TPSA) is 32.8 Å². The van der Waals surface area contributed by atoms with Crippen molar-refractivity contribution in [3.8, 4) is 0 Å². The lowest BCUT2D eigenvalue weighted by atomic mass is 9.95. The molecule has 0 bridgehead atoms. The Kier molecular flexibility index (Phi) is 5.67. The van der Waals surface area contributed by atoms with E-state index < -0.39 is 0 Å². The van der Waals surface area contributed by atoms with Crippen LogP contribution in [0.4, 0.5) is 0 Å². The molecule has 0 radical (unpaired) electrons. The summed E-state index contributed by atoms with van der Waals surface area (Å²) in [5.41, 5.74) is 0. The molecular formula is C17H32N2O2. The summed E-state index contributed by atoms with van der Waals surface area (Å²) in [6.07, 6.45) is 2.82. The summed E-state index contributed by atoms with van der Waals surface area (Å²) in [7, 11) is 0. The minimum Gasteiger partial charge on any atom is -0.373 e. The molecule has 4 atom stereocenters. The number of amides is 1. The zero-order valence-corrected chi connectivity index (χ0v) is 14.3. The standard InChI is InChI=1S/C17H32N2O2/c1-12(2)16(19-10-14(4)21-15(5)11-19)17(20)18-8-6-7-13(3)9-18/h12-16H,6-11H2,1-5H3. The molecule has 0 aromatic carbocycles. The van der Waals surface area contributed by atoms with Crippen LogP contribution < -0.4 is 0 Å². The summed E-state index contributed by atoms with van der Waals surface area (Å²) in [5.74, 6) is 1.31. The molecule has 0 spiro atoms. The van der Waals surface area contributed by atoms with E-state index in [2.05, 4.69) is 44.4 Å². The molecule has 0 aromatic rings. The first-order valence-electron chi connectivity index (χ1n) is 8.56. The Morgan fingerprint density at radius 3 is 2.24 bits per heavy atom. The van der Waals surface area contributed by atoms with Gasteiger partial charge in [-0.1, -0.05) is 20.8 Å². The van der Waals surface area contributed by atoms with Crippen LogP contribution in [0.15, 0.2) is 0 Å². The molecule has 1 amide bonds. The van der Waals surface area contributed by atoms with E-state index in [1.165, 1.54) is 6.42 Å². The van der Waals surface area contributed by atoms with Crippen molar-refractivity contribution >= 4 is 5.91 Å². The summed E-state index contributed by atoms with van der Waals surface area (Å²) < 4.78 is 5.82. The molecule has 4 unspecified atom stereocenters. The molecule has 0 saturated carbocycles. The fraction of sp³-hybridized carbons (Fsp3) is 0.941. The zero-order valence-electron chi connectivity index (χ0n) is 14.3. The molecule has 2 fully saturated rings. The largest absolute Gasteiger partial charge is 0.373 e. The SMILES string of the molecule is CC1CCCN(C(=O)C(C(C)C)N2CC(C)OC(C)C2)C1. The maximum absolute atomic E-state index is 13.0. The molecule has 0 aromatic heterocycles. The molecule has 2 aliphatic rings. The van der Waals surface area contributed by atoms with E-state index >= 15 is 0 Å². The molecule has 2 aliphatic heterocycles. The molecule has 2 rings (SSSR count). The second kappa shape index (κ2) is 7.10. The summed E-state index contributed by atoms with van der Waals surface area (Å²) in [6.45, 7) is 14.4. The van der Waals surface area contributed by atoms with Gasteiger partial charge in [0.05, 0.1) is 18.2 Å². The highest BCUT2D eigenvalue weighted by Crippen LogP contribution is 2.23. The minimum atomic E-state index is 0.00380. The first-order chi connectivity index (χ1) is 9.88. The van der Waals surface area contributed by atoms with E-state index in [1.54, 1.807) is 0 Å². The Morgan fingerprint density at radius 2 is 1.71 bits per heavy atom. The van der Waals surface area contributed by atoms with Gasteiger partial charge in [0.2, 0.25) is 5.91 Å². The summed E-state index contributed by atoms with van der Waals surface area (Å²) >= 11 is 0. The van der Waals surface area contributed by atoms with Crippen LogP contribution in [-0.4, -0.2) is 60.1 Å². The van der Waals surface area contributed by atoms with Crippen molar-refractivity contribution in [1.82, 2.24) is 9.80 Å². The van der Waals surface area contributed by atoms with Crippen LogP contribution in [0.5, 0.6) is 0 Å². The minimum absolute atomic E-state index is 0.00380. The van der Waals surface area contributed by atoms with Gasteiger partial charge in [-0.05, 0) is 38.5 Å². The van der Waals surface area contributed by atoms with E-state index in [9.17, 15) is 4.79 Å². The maximum atomic E-state index is 13.0. The van der Waals surface area contributed by atoms with E-state index in [0.717, 1.165) is 32.6 Å². The number of ether oxygens (including phenoxy) is 1. The number of hydrogen-bond donors (Lipinski definition) is 0. The lowest BCUT2D eigenvalue weighted by Crippen LogP contribution is -2.58. The van der Waals surface area contributed by atoms with Gasteiger partial charge in [-0.15, -0.1) is 0 Å². The molecule has 2 heterocycles. The third-order valence-corrected chi connectivity index (χ3v) is 4.69. The van der Waals surface area contributed by atoms with Crippen molar-refractivity contribution in [2.75, 3.05) is 26.2 Å². The van der Waals surface area contributed by atoms with E-state index in [0.29, 0.717) is 17.7 Å². The van der Waals surface area contributed by atoms with Gasteiger partial charge in [0.25, 0.3) is 0 Å². The summed E-state index contributed by atoms with van der Waals surface area (Å²) in [6, 6.07) is 0.00380. The van der Waals surface area contributed by atoms with Crippen LogP contribution in [0, 0.1) is 11.8 Å². The average molecular weight is 296 g/mol. The fourth-order valence-electron chi connectivity index (χ4n) is 3.88. The second-order valence-electron chi connectivity index (χ2n) is 7.43. The van der Waals surface area contributed by atoms with Gasteiger partial charge in [0.1, 0.15) is 0 Å². The maximum Gasteiger partial charge on any atom is 0.240 e. The van der Waals surface area contributed by atoms with E-state index in [-0.39, 0.29) is 18.2 Å². The van der Waals surface area contributed by atoms with Crippen LogP contribution in [0.3, 0.4) is 0 Å². The van der Waals surface area contributed by atoms with Crippen LogP contribution >= 0.6 is 0 Å². The average Bonchev–Trinajstić information content (AvgIpc) is 2.37. The van der Waals surface area contributed by atoms with Crippen LogP contribution in [0.25, 0.3) is 0 Å². The van der Waals surface area contributed by atoms with Gasteiger partial charge in [-0.2, -0.15) is 0 Å². The number of morpholine rings is 1. The first-order valence-corrected chi connectivity index (χ1v) is 8.56. The number of rotatable bonds is 3. The number of piperidine rings is 1. The Hall–Kier alpha value is -0.610. The third kappa shape index (κ3) is 4.19. The van der Waals surface area contributed by atoms with Crippen molar-refractivity contribution in [1.29, 1.82) is 0 Å². The highest BCUT2D eigenvalue weighted by Gasteiger charge is 2.37. The fourth-order valence-corrected chi connectivity index (χ4v) is 3.88. The molecule has 4 nitrogen and oxygen atoms in total. The van der Waals surface area contributed by atoms with Gasteiger partial charge in [-0.25, -0.2) is 0 Å². The van der Waals surface area contributed by atoms with Crippen molar-refractivity contribution in [3.05, 3.63) is 0 Å². The van der Waals surface area contributed by atoms with Crippen LogP contribution in [0.2, 0.25) is 0 Å². The van der Waals surface area contributed by atoms with Gasteiger partial charge in [-0.3, -0.25) is 9.69 Å². The van der Waals surface area contributed by atoms with Crippen molar-refractivity contribution in [2.24, 2.45) is 11.8 Å². The third-order valence-electron chi connectivity index (χ3n) is 4.69. The van der Waals surface area contributed by atoms with Gasteiger partial charge >= 0.3 is 0 Å². The highest BCUT2D eigenvalue weighted by molar-refractivity contribution is 5.82. The number of carbonyl (C=O) groups excluding carboxylic acids is 1. The number of hydrogen-bond acceptors (Lipinski definition) is 3. The number of likely N-dealkylation sites (tertiary alicyclic amines) is 1. The lowest BCUT2D eigenvalue weighted by molar-refractivity contribution is -0.147. The van der Waals surface area contributed by atoms with Gasteiger partial charge in [0.15, 0.2) is 0 Å². The molecular weight excluding hydrogens is 264 g/mol. The van der Waals surface area contributed by atoms with Crippen molar-refractivity contribution in [3.63, 3.8) is 0 Å². The van der Waals surface area contributed by atoms with Crippen LogP contribution in [0.1, 0.15) is 47.5 Å².